The molecule has 0 bridgehead atoms. The van der Waals surface area contributed by atoms with E-state index >= 15 is 0 Å². The monoisotopic (exact) mass is 228 g/mol. The van der Waals surface area contributed by atoms with E-state index in [2.05, 4.69) is 13.8 Å². The zero-order valence-electron chi connectivity index (χ0n) is 7.82. The largest absolute Gasteiger partial charge is 0.337 e. The van der Waals surface area contributed by atoms with Gasteiger partial charge in [0, 0.05) is 5.25 Å². The lowest BCUT2D eigenvalue weighted by Gasteiger charge is -2.17. The van der Waals surface area contributed by atoms with Gasteiger partial charge in [0.2, 0.25) is 5.69 Å². The third-order valence-corrected chi connectivity index (χ3v) is 6.10. The van der Waals surface area contributed by atoms with Crippen LogP contribution in [0.15, 0.2) is 0 Å². The first kappa shape index (κ1) is 12.9. The minimum Gasteiger partial charge on any atom is -0.337 e. The van der Waals surface area contributed by atoms with Gasteiger partial charge in [-0.1, -0.05) is 32.2 Å². The smallest absolute Gasteiger partial charge is 0.244 e. The van der Waals surface area contributed by atoms with Crippen molar-refractivity contribution in [2.75, 3.05) is 6.61 Å². The molecule has 1 N–H and O–H groups in total. The molecule has 0 rings (SSSR count). The molecule has 0 aromatic heterocycles. The van der Waals surface area contributed by atoms with E-state index in [1.165, 1.54) is 11.4 Å². The maximum Gasteiger partial charge on any atom is 0.244 e. The predicted molar refractivity (Wildman–Crippen MR) is 60.1 cm³/mol. The van der Waals surface area contributed by atoms with Crippen molar-refractivity contribution in [2.45, 2.75) is 38.9 Å². The highest BCUT2D eigenvalue weighted by atomic mass is 32.9. The quantitative estimate of drug-likeness (QED) is 0.707. The molecule has 5 heteroatoms. The Balaban J connectivity index is 3.78. The van der Waals surface area contributed by atoms with Crippen LogP contribution < -0.4 is 0 Å². The van der Waals surface area contributed by atoms with Gasteiger partial charge >= 0.3 is 0 Å². The second-order valence-corrected chi connectivity index (χ2v) is 9.13. The van der Waals surface area contributed by atoms with Gasteiger partial charge in [0.1, 0.15) is 0 Å². The Morgan fingerprint density at radius 3 is 2.58 bits per heavy atom. The number of rotatable bonds is 6. The van der Waals surface area contributed by atoms with Crippen LogP contribution in [0.2, 0.25) is 0 Å². The molecular formula is C7H17O2PS2. The molecule has 0 fully saturated rings. The summed E-state index contributed by atoms with van der Waals surface area (Å²) in [6.45, 7) is 6.70. The van der Waals surface area contributed by atoms with Crippen LogP contribution in [0.4, 0.5) is 0 Å². The molecule has 2 unspecified atom stereocenters. The highest BCUT2D eigenvalue weighted by molar-refractivity contribution is 8.67. The lowest BCUT2D eigenvalue weighted by molar-refractivity contribution is 0.319. The predicted octanol–water partition coefficient (Wildman–Crippen LogP) is 3.16. The fraction of sp³-hybridized carbons (Fsp3) is 1.00. The van der Waals surface area contributed by atoms with Crippen LogP contribution in [0.25, 0.3) is 0 Å². The molecule has 2 nitrogen and oxygen atoms in total. The third kappa shape index (κ3) is 6.44. The van der Waals surface area contributed by atoms with Crippen LogP contribution in [0.3, 0.4) is 0 Å². The summed E-state index contributed by atoms with van der Waals surface area (Å²) in [4.78, 5) is 9.61. The molecule has 0 aliphatic rings. The van der Waals surface area contributed by atoms with Crippen molar-refractivity contribution in [2.24, 2.45) is 0 Å². The van der Waals surface area contributed by atoms with Crippen LogP contribution in [0, 0.1) is 0 Å². The second kappa shape index (κ2) is 6.39. The number of hydrogen-bond donors (Lipinski definition) is 1. The van der Waals surface area contributed by atoms with Crippen molar-refractivity contribution in [3.63, 3.8) is 0 Å². The Morgan fingerprint density at radius 1 is 1.58 bits per heavy atom. The summed E-state index contributed by atoms with van der Waals surface area (Å²) in [5, 5.41) is 0.387. The van der Waals surface area contributed by atoms with E-state index in [-0.39, 0.29) is 0 Å². The Labute approximate surface area is 84.0 Å². The molecule has 74 valence electrons. The molecule has 0 aromatic rings. The molecule has 12 heavy (non-hydrogen) atoms. The average Bonchev–Trinajstić information content (AvgIpc) is 2.00. The van der Waals surface area contributed by atoms with E-state index < -0.39 is 5.69 Å². The summed E-state index contributed by atoms with van der Waals surface area (Å²) >= 11 is 6.36. The minimum atomic E-state index is -2.53. The first-order chi connectivity index (χ1) is 5.52. The van der Waals surface area contributed by atoms with E-state index in [1.54, 1.807) is 0 Å². The van der Waals surface area contributed by atoms with Crippen molar-refractivity contribution in [3.8, 4) is 0 Å². The zero-order valence-corrected chi connectivity index (χ0v) is 10.3. The van der Waals surface area contributed by atoms with Crippen LogP contribution in [0.1, 0.15) is 33.6 Å². The van der Waals surface area contributed by atoms with Crippen LogP contribution in [0.5, 0.6) is 0 Å². The van der Waals surface area contributed by atoms with Gasteiger partial charge in [-0.05, 0) is 24.6 Å². The van der Waals surface area contributed by atoms with E-state index in [4.69, 9.17) is 16.3 Å². The Hall–Kier alpha value is 0.920. The third-order valence-electron chi connectivity index (χ3n) is 1.35. The summed E-state index contributed by atoms with van der Waals surface area (Å²) in [6, 6.07) is 0. The summed E-state index contributed by atoms with van der Waals surface area (Å²) < 4.78 is 5.20. The standard InChI is InChI=1S/C7H17O2PS2/c1-4-6-9-10(8,11)12-7(3)5-2/h7H,4-6H2,1-3H3,(H,8,11). The Morgan fingerprint density at radius 2 is 2.17 bits per heavy atom. The number of hydrogen-bond acceptors (Lipinski definition) is 3. The first-order valence-corrected chi connectivity index (χ1v) is 8.33. The summed E-state index contributed by atoms with van der Waals surface area (Å²) in [5.41, 5.74) is -2.53. The van der Waals surface area contributed by atoms with Gasteiger partial charge in [0.15, 0.2) is 0 Å². The lowest BCUT2D eigenvalue weighted by Crippen LogP contribution is -1.95. The van der Waals surface area contributed by atoms with E-state index in [9.17, 15) is 4.89 Å². The molecule has 0 radical (unpaired) electrons. The van der Waals surface area contributed by atoms with Gasteiger partial charge in [-0.15, -0.1) is 0 Å². The molecule has 0 aliphatic carbocycles. The summed E-state index contributed by atoms with van der Waals surface area (Å²) in [5.74, 6) is 0. The van der Waals surface area contributed by atoms with Gasteiger partial charge in [-0.25, -0.2) is 0 Å². The molecule has 0 aromatic carbocycles. The van der Waals surface area contributed by atoms with Crippen molar-refractivity contribution < 1.29 is 9.42 Å². The average molecular weight is 228 g/mol. The highest BCUT2D eigenvalue weighted by Crippen LogP contribution is 2.58. The van der Waals surface area contributed by atoms with E-state index in [0.29, 0.717) is 11.9 Å². The maximum atomic E-state index is 9.61. The van der Waals surface area contributed by atoms with Crippen LogP contribution in [-0.4, -0.2) is 16.8 Å². The summed E-state index contributed by atoms with van der Waals surface area (Å²) in [6.07, 6.45) is 1.92. The Kier molecular flexibility index (Phi) is 6.87. The van der Waals surface area contributed by atoms with E-state index in [1.807, 2.05) is 6.92 Å². The molecule has 2 atom stereocenters. The molecule has 0 saturated heterocycles. The van der Waals surface area contributed by atoms with Gasteiger partial charge in [-0.3, -0.25) is 0 Å². The van der Waals surface area contributed by atoms with Crippen LogP contribution in [-0.2, 0) is 16.3 Å². The molecular weight excluding hydrogens is 211 g/mol. The highest BCUT2D eigenvalue weighted by Gasteiger charge is 2.17. The van der Waals surface area contributed by atoms with Gasteiger partial charge in [0.05, 0.1) is 6.61 Å². The fourth-order valence-electron chi connectivity index (χ4n) is 0.539. The maximum absolute atomic E-state index is 9.61. The van der Waals surface area contributed by atoms with Crippen molar-refractivity contribution in [1.82, 2.24) is 0 Å². The molecule has 0 spiro atoms. The second-order valence-electron chi connectivity index (χ2n) is 2.63. The van der Waals surface area contributed by atoms with Crippen molar-refractivity contribution in [3.05, 3.63) is 0 Å². The zero-order chi connectivity index (χ0) is 9.61. The minimum absolute atomic E-state index is 0.387. The molecule has 0 saturated carbocycles. The molecule has 0 heterocycles. The summed E-state index contributed by atoms with van der Waals surface area (Å²) in [7, 11) is 0. The van der Waals surface area contributed by atoms with Gasteiger partial charge in [0.25, 0.3) is 0 Å². The molecule has 0 amide bonds. The van der Waals surface area contributed by atoms with Crippen LogP contribution >= 0.6 is 17.1 Å². The topological polar surface area (TPSA) is 29.5 Å². The van der Waals surface area contributed by atoms with Crippen molar-refractivity contribution in [1.29, 1.82) is 0 Å². The molecule has 0 aliphatic heterocycles. The SMILES string of the molecule is CCCOP(O)(=S)SC(C)CC. The van der Waals surface area contributed by atoms with Crippen molar-refractivity contribution >= 4 is 28.9 Å². The first-order valence-electron chi connectivity index (χ1n) is 4.17. The fourth-order valence-corrected chi connectivity index (χ4v) is 5.38. The Bertz CT molecular complexity index is 163. The van der Waals surface area contributed by atoms with Gasteiger partial charge < -0.3 is 9.42 Å². The lowest BCUT2D eigenvalue weighted by atomic mass is 10.4. The normalized spacial score (nSPS) is 18.7. The van der Waals surface area contributed by atoms with E-state index in [0.717, 1.165) is 12.8 Å². The van der Waals surface area contributed by atoms with Gasteiger partial charge in [-0.2, -0.15) is 0 Å².